The van der Waals surface area contributed by atoms with Crippen LogP contribution in [0.5, 0.6) is 0 Å². The number of rotatable bonds is 4. The standard InChI is InChI=1S/C15H21BrN2O/c16-13-6-4-11(5-7-13)8-9-18-15(19)12-2-1-3-14(17)10-12/h4-7,12,14H,1-3,8-10,17H2,(H,18,19). The van der Waals surface area contributed by atoms with Crippen molar-refractivity contribution in [1.82, 2.24) is 5.32 Å². The van der Waals surface area contributed by atoms with Gasteiger partial charge >= 0.3 is 0 Å². The van der Waals surface area contributed by atoms with Crippen LogP contribution in [0.4, 0.5) is 0 Å². The van der Waals surface area contributed by atoms with Gasteiger partial charge in [0, 0.05) is 23.0 Å². The van der Waals surface area contributed by atoms with Gasteiger partial charge in [0.2, 0.25) is 5.91 Å². The minimum Gasteiger partial charge on any atom is -0.356 e. The monoisotopic (exact) mass is 324 g/mol. The normalized spacial score (nSPS) is 23.1. The van der Waals surface area contributed by atoms with Gasteiger partial charge in [0.25, 0.3) is 0 Å². The van der Waals surface area contributed by atoms with Gasteiger partial charge in [-0.05, 0) is 43.4 Å². The zero-order valence-corrected chi connectivity index (χ0v) is 12.7. The molecular formula is C15H21BrN2O. The van der Waals surface area contributed by atoms with Crippen molar-refractivity contribution in [2.24, 2.45) is 11.7 Å². The summed E-state index contributed by atoms with van der Waals surface area (Å²) in [5.74, 6) is 0.293. The van der Waals surface area contributed by atoms with Crippen molar-refractivity contribution in [3.05, 3.63) is 34.3 Å². The Balaban J connectivity index is 1.73. The Bertz CT molecular complexity index is 419. The molecule has 0 aromatic heterocycles. The summed E-state index contributed by atoms with van der Waals surface area (Å²) in [6.07, 6.45) is 4.83. The Labute approximate surface area is 123 Å². The van der Waals surface area contributed by atoms with Crippen molar-refractivity contribution in [2.75, 3.05) is 6.54 Å². The van der Waals surface area contributed by atoms with E-state index in [2.05, 4.69) is 33.4 Å². The molecule has 3 nitrogen and oxygen atoms in total. The van der Waals surface area contributed by atoms with Gasteiger partial charge in [-0.1, -0.05) is 34.5 Å². The van der Waals surface area contributed by atoms with E-state index in [1.165, 1.54) is 5.56 Å². The third-order valence-corrected chi connectivity index (χ3v) is 4.24. The molecule has 0 spiro atoms. The van der Waals surface area contributed by atoms with Crippen LogP contribution in [0.3, 0.4) is 0 Å². The number of benzene rings is 1. The lowest BCUT2D eigenvalue weighted by atomic mass is 9.85. The summed E-state index contributed by atoms with van der Waals surface area (Å²) in [5.41, 5.74) is 7.15. The molecule has 0 heterocycles. The number of hydrogen-bond donors (Lipinski definition) is 2. The second-order valence-corrected chi connectivity index (χ2v) is 6.21. The lowest BCUT2D eigenvalue weighted by molar-refractivity contribution is -0.126. The smallest absolute Gasteiger partial charge is 0.223 e. The fraction of sp³-hybridized carbons (Fsp3) is 0.533. The molecule has 1 aliphatic rings. The van der Waals surface area contributed by atoms with Crippen molar-refractivity contribution in [1.29, 1.82) is 0 Å². The SMILES string of the molecule is NC1CCCC(C(=O)NCCc2ccc(Br)cc2)C1. The molecule has 2 rings (SSSR count). The highest BCUT2D eigenvalue weighted by molar-refractivity contribution is 9.10. The van der Waals surface area contributed by atoms with Gasteiger partial charge in [0.15, 0.2) is 0 Å². The molecule has 2 atom stereocenters. The highest BCUT2D eigenvalue weighted by Crippen LogP contribution is 2.23. The zero-order chi connectivity index (χ0) is 13.7. The van der Waals surface area contributed by atoms with Crippen molar-refractivity contribution in [3.8, 4) is 0 Å². The molecule has 104 valence electrons. The predicted octanol–water partition coefficient (Wildman–Crippen LogP) is 2.63. The molecular weight excluding hydrogens is 304 g/mol. The molecule has 1 aromatic rings. The van der Waals surface area contributed by atoms with E-state index in [0.717, 1.165) is 36.6 Å². The quantitative estimate of drug-likeness (QED) is 0.894. The van der Waals surface area contributed by atoms with Gasteiger partial charge in [-0.25, -0.2) is 0 Å². The zero-order valence-electron chi connectivity index (χ0n) is 11.1. The van der Waals surface area contributed by atoms with Gasteiger partial charge in [0.05, 0.1) is 0 Å². The average Bonchev–Trinajstić information content (AvgIpc) is 2.41. The van der Waals surface area contributed by atoms with Crippen LogP contribution in [0.15, 0.2) is 28.7 Å². The highest BCUT2D eigenvalue weighted by atomic mass is 79.9. The molecule has 0 saturated heterocycles. The highest BCUT2D eigenvalue weighted by Gasteiger charge is 2.24. The summed E-state index contributed by atoms with van der Waals surface area (Å²) in [7, 11) is 0. The third-order valence-electron chi connectivity index (χ3n) is 3.71. The fourth-order valence-corrected chi connectivity index (χ4v) is 2.86. The maximum Gasteiger partial charge on any atom is 0.223 e. The summed E-state index contributed by atoms with van der Waals surface area (Å²) >= 11 is 3.41. The van der Waals surface area contributed by atoms with Crippen LogP contribution in [0, 0.1) is 5.92 Å². The van der Waals surface area contributed by atoms with E-state index >= 15 is 0 Å². The fourth-order valence-electron chi connectivity index (χ4n) is 2.59. The number of nitrogens with one attached hydrogen (secondary N) is 1. The van der Waals surface area contributed by atoms with Crippen LogP contribution in [-0.4, -0.2) is 18.5 Å². The van der Waals surface area contributed by atoms with E-state index in [1.54, 1.807) is 0 Å². The molecule has 3 N–H and O–H groups in total. The van der Waals surface area contributed by atoms with E-state index in [-0.39, 0.29) is 17.9 Å². The second-order valence-electron chi connectivity index (χ2n) is 5.29. The maximum atomic E-state index is 12.0. The van der Waals surface area contributed by atoms with Crippen molar-refractivity contribution < 1.29 is 4.79 Å². The molecule has 19 heavy (non-hydrogen) atoms. The molecule has 0 aliphatic heterocycles. The Kier molecular flexibility index (Phi) is 5.40. The summed E-state index contributed by atoms with van der Waals surface area (Å²) in [4.78, 5) is 12.0. The van der Waals surface area contributed by atoms with Crippen molar-refractivity contribution >= 4 is 21.8 Å². The first-order chi connectivity index (χ1) is 9.15. The number of amides is 1. The first kappa shape index (κ1) is 14.5. The van der Waals surface area contributed by atoms with Gasteiger partial charge in [-0.2, -0.15) is 0 Å². The number of halogens is 1. The number of carbonyl (C=O) groups excluding carboxylic acids is 1. The van der Waals surface area contributed by atoms with Crippen LogP contribution in [-0.2, 0) is 11.2 Å². The van der Waals surface area contributed by atoms with E-state index in [0.29, 0.717) is 6.54 Å². The summed E-state index contributed by atoms with van der Waals surface area (Å²) in [6, 6.07) is 8.41. The third kappa shape index (κ3) is 4.62. The minimum atomic E-state index is 0.119. The molecule has 1 fully saturated rings. The summed E-state index contributed by atoms with van der Waals surface area (Å²) in [6.45, 7) is 0.701. The van der Waals surface area contributed by atoms with E-state index in [1.807, 2.05) is 12.1 Å². The van der Waals surface area contributed by atoms with Crippen LogP contribution in [0.1, 0.15) is 31.2 Å². The van der Waals surface area contributed by atoms with Crippen LogP contribution >= 0.6 is 15.9 Å². The lowest BCUT2D eigenvalue weighted by Crippen LogP contribution is -2.38. The molecule has 2 unspecified atom stereocenters. The van der Waals surface area contributed by atoms with Crippen LogP contribution in [0.2, 0.25) is 0 Å². The van der Waals surface area contributed by atoms with Gasteiger partial charge in [0.1, 0.15) is 0 Å². The van der Waals surface area contributed by atoms with Crippen LogP contribution in [0.25, 0.3) is 0 Å². The molecule has 1 amide bonds. The van der Waals surface area contributed by atoms with Gasteiger partial charge < -0.3 is 11.1 Å². The van der Waals surface area contributed by atoms with E-state index < -0.39 is 0 Å². The lowest BCUT2D eigenvalue weighted by Gasteiger charge is -2.25. The average molecular weight is 325 g/mol. The van der Waals surface area contributed by atoms with Gasteiger partial charge in [-0.15, -0.1) is 0 Å². The van der Waals surface area contributed by atoms with Crippen molar-refractivity contribution in [3.63, 3.8) is 0 Å². The Morgan fingerprint density at radius 1 is 1.32 bits per heavy atom. The van der Waals surface area contributed by atoms with E-state index in [9.17, 15) is 4.79 Å². The predicted molar refractivity (Wildman–Crippen MR) is 80.8 cm³/mol. The molecule has 0 radical (unpaired) electrons. The van der Waals surface area contributed by atoms with Crippen LogP contribution < -0.4 is 11.1 Å². The minimum absolute atomic E-state index is 0.119. The molecule has 4 heteroatoms. The second kappa shape index (κ2) is 7.06. The maximum absolute atomic E-state index is 12.0. The molecule has 0 bridgehead atoms. The van der Waals surface area contributed by atoms with Gasteiger partial charge in [-0.3, -0.25) is 4.79 Å². The number of carbonyl (C=O) groups is 1. The molecule has 1 aromatic carbocycles. The topological polar surface area (TPSA) is 55.1 Å². The Hall–Kier alpha value is -0.870. The Morgan fingerprint density at radius 3 is 2.74 bits per heavy atom. The largest absolute Gasteiger partial charge is 0.356 e. The number of hydrogen-bond acceptors (Lipinski definition) is 2. The molecule has 1 saturated carbocycles. The summed E-state index contributed by atoms with van der Waals surface area (Å²) < 4.78 is 1.08. The summed E-state index contributed by atoms with van der Waals surface area (Å²) in [5, 5.41) is 3.03. The molecule has 1 aliphatic carbocycles. The first-order valence-electron chi connectivity index (χ1n) is 6.93. The van der Waals surface area contributed by atoms with E-state index in [4.69, 9.17) is 5.73 Å². The number of nitrogens with two attached hydrogens (primary N) is 1. The first-order valence-corrected chi connectivity index (χ1v) is 7.72. The Morgan fingerprint density at radius 2 is 2.05 bits per heavy atom. The van der Waals surface area contributed by atoms with Crippen molar-refractivity contribution in [2.45, 2.75) is 38.1 Å².